The molecule has 0 saturated heterocycles. The van der Waals surface area contributed by atoms with Crippen molar-refractivity contribution in [1.82, 2.24) is 24.8 Å². The number of anilines is 2. The van der Waals surface area contributed by atoms with Crippen LogP contribution in [0.25, 0.3) is 16.4 Å². The van der Waals surface area contributed by atoms with Crippen molar-refractivity contribution < 1.29 is 14.6 Å². The minimum atomic E-state index is -1.01. The van der Waals surface area contributed by atoms with E-state index in [2.05, 4.69) is 25.6 Å². The number of aromatic amines is 1. The predicted molar refractivity (Wildman–Crippen MR) is 99.8 cm³/mol. The number of carbonyl (C=O) groups is 1. The third-order valence-corrected chi connectivity index (χ3v) is 4.21. The molecule has 0 bridgehead atoms. The van der Waals surface area contributed by atoms with Crippen LogP contribution < -0.4 is 10.1 Å². The molecule has 0 fully saturated rings. The number of hydrogen-bond donors (Lipinski definition) is 3. The molecular weight excluding hydrogens is 348 g/mol. The Hall–Kier alpha value is -3.62. The van der Waals surface area contributed by atoms with Gasteiger partial charge in [0, 0.05) is 17.6 Å². The van der Waals surface area contributed by atoms with Crippen LogP contribution in [0.4, 0.5) is 11.5 Å². The van der Waals surface area contributed by atoms with Crippen LogP contribution >= 0.6 is 0 Å². The summed E-state index contributed by atoms with van der Waals surface area (Å²) in [4.78, 5) is 15.7. The largest absolute Gasteiger partial charge is 0.489 e. The maximum Gasteiger partial charge on any atom is 0.337 e. The second kappa shape index (κ2) is 6.27. The smallest absolute Gasteiger partial charge is 0.337 e. The number of benzene rings is 1. The average Bonchev–Trinajstić information content (AvgIpc) is 3.19. The van der Waals surface area contributed by atoms with Crippen molar-refractivity contribution >= 4 is 33.9 Å². The zero-order valence-corrected chi connectivity index (χ0v) is 15.0. The standard InChI is InChI=1S/C18H18N6O3/c1-9(2)27-15-5-13-11(6-20-23-13)4-14(15)22-17-16-10(3)12(18(25)26)7-24(16)21-8-19-17/h4-9H,1-3H3,(H,20,23)(H,25,26)(H,19,21,22). The van der Waals surface area contributed by atoms with Gasteiger partial charge in [-0.3, -0.25) is 5.10 Å². The fourth-order valence-corrected chi connectivity index (χ4v) is 3.02. The first-order valence-corrected chi connectivity index (χ1v) is 8.41. The highest BCUT2D eigenvalue weighted by Gasteiger charge is 2.18. The van der Waals surface area contributed by atoms with E-state index >= 15 is 0 Å². The van der Waals surface area contributed by atoms with E-state index in [9.17, 15) is 9.90 Å². The number of fused-ring (bicyclic) bond motifs is 2. The van der Waals surface area contributed by atoms with Gasteiger partial charge in [-0.25, -0.2) is 14.3 Å². The number of ether oxygens (including phenoxy) is 1. The minimum Gasteiger partial charge on any atom is -0.489 e. The van der Waals surface area contributed by atoms with E-state index < -0.39 is 5.97 Å². The summed E-state index contributed by atoms with van der Waals surface area (Å²) < 4.78 is 7.43. The summed E-state index contributed by atoms with van der Waals surface area (Å²) >= 11 is 0. The molecule has 0 unspecified atom stereocenters. The van der Waals surface area contributed by atoms with Crippen LogP contribution in [-0.4, -0.2) is 42.0 Å². The lowest BCUT2D eigenvalue weighted by molar-refractivity contribution is 0.0696. The predicted octanol–water partition coefficient (Wildman–Crippen LogP) is 3.14. The van der Waals surface area contributed by atoms with Crippen LogP contribution in [-0.2, 0) is 0 Å². The van der Waals surface area contributed by atoms with E-state index in [1.807, 2.05) is 26.0 Å². The zero-order chi connectivity index (χ0) is 19.1. The van der Waals surface area contributed by atoms with Gasteiger partial charge in [0.1, 0.15) is 17.6 Å². The molecule has 0 aliphatic heterocycles. The lowest BCUT2D eigenvalue weighted by atomic mass is 10.2. The normalized spacial score (nSPS) is 11.4. The molecule has 9 heteroatoms. The van der Waals surface area contributed by atoms with E-state index in [0.29, 0.717) is 28.3 Å². The summed E-state index contributed by atoms with van der Waals surface area (Å²) in [6, 6.07) is 3.78. The second-order valence-corrected chi connectivity index (χ2v) is 6.47. The Morgan fingerprint density at radius 3 is 2.93 bits per heavy atom. The monoisotopic (exact) mass is 366 g/mol. The first-order valence-electron chi connectivity index (χ1n) is 8.41. The molecule has 3 heterocycles. The highest BCUT2D eigenvalue weighted by atomic mass is 16.5. The number of rotatable bonds is 5. The van der Waals surface area contributed by atoms with Crippen LogP contribution in [0.5, 0.6) is 5.75 Å². The van der Waals surface area contributed by atoms with Gasteiger partial charge in [-0.05, 0) is 32.4 Å². The third-order valence-electron chi connectivity index (χ3n) is 4.21. The Balaban J connectivity index is 1.85. The molecule has 4 aromatic rings. The zero-order valence-electron chi connectivity index (χ0n) is 15.0. The number of aromatic carboxylic acids is 1. The number of nitrogens with zero attached hydrogens (tertiary/aromatic N) is 4. The topological polar surface area (TPSA) is 117 Å². The molecule has 0 aliphatic carbocycles. The summed E-state index contributed by atoms with van der Waals surface area (Å²) in [6.07, 6.45) is 4.55. The second-order valence-electron chi connectivity index (χ2n) is 6.47. The van der Waals surface area contributed by atoms with E-state index in [-0.39, 0.29) is 11.7 Å². The van der Waals surface area contributed by atoms with Crippen molar-refractivity contribution in [2.24, 2.45) is 0 Å². The number of carboxylic acid groups (broad SMARTS) is 1. The number of hydrogen-bond acceptors (Lipinski definition) is 6. The number of nitrogens with one attached hydrogen (secondary N) is 2. The molecule has 0 radical (unpaired) electrons. The molecule has 0 aliphatic rings. The highest BCUT2D eigenvalue weighted by Crippen LogP contribution is 2.34. The highest BCUT2D eigenvalue weighted by molar-refractivity contribution is 5.95. The summed E-state index contributed by atoms with van der Waals surface area (Å²) in [7, 11) is 0. The molecular formula is C18H18N6O3. The quantitative estimate of drug-likeness (QED) is 0.496. The Bertz CT molecular complexity index is 1160. The van der Waals surface area contributed by atoms with Gasteiger partial charge in [0.25, 0.3) is 0 Å². The van der Waals surface area contributed by atoms with Gasteiger partial charge >= 0.3 is 5.97 Å². The molecule has 138 valence electrons. The van der Waals surface area contributed by atoms with E-state index in [1.54, 1.807) is 13.1 Å². The SMILES string of the molecule is Cc1c(C(=O)O)cn2ncnc(Nc3cc4cn[nH]c4cc3OC(C)C)c12. The number of aromatic nitrogens is 5. The van der Waals surface area contributed by atoms with Crippen LogP contribution in [0.15, 0.2) is 30.9 Å². The van der Waals surface area contributed by atoms with E-state index in [4.69, 9.17) is 4.74 Å². The Morgan fingerprint density at radius 1 is 1.37 bits per heavy atom. The van der Waals surface area contributed by atoms with Gasteiger partial charge < -0.3 is 15.2 Å². The van der Waals surface area contributed by atoms with Crippen molar-refractivity contribution in [3.05, 3.63) is 42.0 Å². The molecule has 1 aromatic carbocycles. The number of aryl methyl sites for hydroxylation is 1. The molecule has 3 N–H and O–H groups in total. The minimum absolute atomic E-state index is 0.0232. The third kappa shape index (κ3) is 2.92. The van der Waals surface area contributed by atoms with Crippen LogP contribution in [0, 0.1) is 6.92 Å². The van der Waals surface area contributed by atoms with Crippen LogP contribution in [0.2, 0.25) is 0 Å². The van der Waals surface area contributed by atoms with E-state index in [1.165, 1.54) is 17.0 Å². The Kier molecular flexibility index (Phi) is 3.91. The van der Waals surface area contributed by atoms with Crippen molar-refractivity contribution in [1.29, 1.82) is 0 Å². The lowest BCUT2D eigenvalue weighted by Gasteiger charge is -2.16. The summed E-state index contributed by atoms with van der Waals surface area (Å²) in [5.74, 6) is 0.125. The summed E-state index contributed by atoms with van der Waals surface area (Å²) in [5.41, 5.74) is 2.92. The molecule has 0 atom stereocenters. The number of H-pyrrole nitrogens is 1. The fraction of sp³-hybridized carbons (Fsp3) is 0.222. The molecule has 0 amide bonds. The van der Waals surface area contributed by atoms with Crippen molar-refractivity contribution in [2.75, 3.05) is 5.32 Å². The maximum atomic E-state index is 11.4. The summed E-state index contributed by atoms with van der Waals surface area (Å²) in [5, 5.41) is 24.6. The van der Waals surface area contributed by atoms with Crippen molar-refractivity contribution in [2.45, 2.75) is 26.9 Å². The average molecular weight is 366 g/mol. The molecule has 27 heavy (non-hydrogen) atoms. The van der Waals surface area contributed by atoms with Gasteiger partial charge in [-0.15, -0.1) is 0 Å². The Morgan fingerprint density at radius 2 is 2.19 bits per heavy atom. The fourth-order valence-electron chi connectivity index (χ4n) is 3.02. The first kappa shape index (κ1) is 16.8. The molecule has 9 nitrogen and oxygen atoms in total. The summed E-state index contributed by atoms with van der Waals surface area (Å²) in [6.45, 7) is 5.62. The first-order chi connectivity index (χ1) is 12.9. The van der Waals surface area contributed by atoms with Crippen LogP contribution in [0.1, 0.15) is 29.8 Å². The van der Waals surface area contributed by atoms with Gasteiger partial charge in [0.2, 0.25) is 0 Å². The van der Waals surface area contributed by atoms with Gasteiger partial charge in [0.05, 0.1) is 29.1 Å². The van der Waals surface area contributed by atoms with Gasteiger partial charge in [-0.2, -0.15) is 10.2 Å². The molecule has 3 aromatic heterocycles. The van der Waals surface area contributed by atoms with Gasteiger partial charge in [0.15, 0.2) is 5.82 Å². The van der Waals surface area contributed by atoms with Crippen LogP contribution in [0.3, 0.4) is 0 Å². The molecule has 0 saturated carbocycles. The van der Waals surface area contributed by atoms with E-state index in [0.717, 1.165) is 10.9 Å². The Labute approximate surface area is 154 Å². The molecule has 4 rings (SSSR count). The lowest BCUT2D eigenvalue weighted by Crippen LogP contribution is -2.08. The number of carboxylic acids is 1. The van der Waals surface area contributed by atoms with Crippen molar-refractivity contribution in [3.8, 4) is 5.75 Å². The molecule has 0 spiro atoms. The van der Waals surface area contributed by atoms with Crippen molar-refractivity contribution in [3.63, 3.8) is 0 Å². The van der Waals surface area contributed by atoms with Gasteiger partial charge in [-0.1, -0.05) is 0 Å². The maximum absolute atomic E-state index is 11.4.